The molecule has 0 aliphatic heterocycles. The van der Waals surface area contributed by atoms with Crippen molar-refractivity contribution >= 4 is 11.7 Å². The molecular weight excluding hydrogens is 226 g/mol. The number of nitrogen functional groups attached to an aromatic ring is 1. The maximum Gasteiger partial charge on any atom is 0.317 e. The lowest BCUT2D eigenvalue weighted by Crippen LogP contribution is -2.39. The number of carbonyl (C=O) groups excluding carboxylic acids is 1. The van der Waals surface area contributed by atoms with Gasteiger partial charge in [-0.05, 0) is 31.0 Å². The molecule has 0 saturated heterocycles. The predicted molar refractivity (Wildman–Crippen MR) is 75.3 cm³/mol. The maximum atomic E-state index is 11.9. The lowest BCUT2D eigenvalue weighted by Gasteiger charge is -2.25. The van der Waals surface area contributed by atoms with E-state index in [2.05, 4.69) is 12.2 Å². The molecule has 1 unspecified atom stereocenters. The summed E-state index contributed by atoms with van der Waals surface area (Å²) in [4.78, 5) is 13.6. The first kappa shape index (κ1) is 14.4. The first-order valence-corrected chi connectivity index (χ1v) is 6.42. The van der Waals surface area contributed by atoms with E-state index in [0.717, 1.165) is 30.6 Å². The molecule has 18 heavy (non-hydrogen) atoms. The van der Waals surface area contributed by atoms with E-state index in [-0.39, 0.29) is 12.1 Å². The molecule has 100 valence electrons. The van der Waals surface area contributed by atoms with E-state index in [1.807, 2.05) is 31.2 Å². The second kappa shape index (κ2) is 6.89. The molecule has 1 atom stereocenters. The second-order valence-corrected chi connectivity index (χ2v) is 4.54. The van der Waals surface area contributed by atoms with Gasteiger partial charge < -0.3 is 16.0 Å². The number of carbonyl (C=O) groups is 1. The maximum absolute atomic E-state index is 11.9. The Hall–Kier alpha value is -1.71. The van der Waals surface area contributed by atoms with Crippen LogP contribution in [0.5, 0.6) is 0 Å². The number of hydrogen-bond donors (Lipinski definition) is 2. The third-order valence-electron chi connectivity index (χ3n) is 3.10. The van der Waals surface area contributed by atoms with E-state index in [1.165, 1.54) is 0 Å². The Labute approximate surface area is 109 Å². The highest BCUT2D eigenvalue weighted by molar-refractivity contribution is 5.74. The molecule has 1 rings (SSSR count). The zero-order valence-corrected chi connectivity index (χ0v) is 11.4. The van der Waals surface area contributed by atoms with Crippen molar-refractivity contribution in [2.24, 2.45) is 0 Å². The van der Waals surface area contributed by atoms with Crippen LogP contribution in [0.4, 0.5) is 10.5 Å². The number of benzene rings is 1. The molecule has 4 nitrogen and oxygen atoms in total. The van der Waals surface area contributed by atoms with Crippen molar-refractivity contribution in [3.8, 4) is 0 Å². The van der Waals surface area contributed by atoms with Crippen LogP contribution in [0.25, 0.3) is 0 Å². The van der Waals surface area contributed by atoms with E-state index in [4.69, 9.17) is 5.73 Å². The summed E-state index contributed by atoms with van der Waals surface area (Å²) in [6.07, 6.45) is 2.08. The van der Waals surface area contributed by atoms with Crippen molar-refractivity contribution in [1.82, 2.24) is 10.2 Å². The van der Waals surface area contributed by atoms with Crippen LogP contribution >= 0.6 is 0 Å². The van der Waals surface area contributed by atoms with E-state index >= 15 is 0 Å². The van der Waals surface area contributed by atoms with Crippen molar-refractivity contribution < 1.29 is 4.79 Å². The van der Waals surface area contributed by atoms with Crippen molar-refractivity contribution in [2.75, 3.05) is 19.3 Å². The van der Waals surface area contributed by atoms with Gasteiger partial charge in [0, 0.05) is 19.3 Å². The van der Waals surface area contributed by atoms with Gasteiger partial charge in [-0.3, -0.25) is 0 Å². The summed E-state index contributed by atoms with van der Waals surface area (Å²) >= 11 is 0. The number of nitrogens with two attached hydrogens (primary N) is 1. The monoisotopic (exact) mass is 249 g/mol. The van der Waals surface area contributed by atoms with E-state index in [9.17, 15) is 4.79 Å². The highest BCUT2D eigenvalue weighted by atomic mass is 16.2. The smallest absolute Gasteiger partial charge is 0.317 e. The quantitative estimate of drug-likeness (QED) is 0.622. The Morgan fingerprint density at radius 1 is 1.50 bits per heavy atom. The molecule has 3 N–H and O–H groups in total. The Balaban J connectivity index is 2.60. The molecule has 4 heteroatoms. The number of urea groups is 1. The van der Waals surface area contributed by atoms with Crippen LogP contribution in [-0.2, 0) is 0 Å². The summed E-state index contributed by atoms with van der Waals surface area (Å²) in [5.74, 6) is 0. The highest BCUT2D eigenvalue weighted by Crippen LogP contribution is 2.20. The van der Waals surface area contributed by atoms with Gasteiger partial charge in [-0.2, -0.15) is 0 Å². The average molecular weight is 249 g/mol. The Morgan fingerprint density at radius 3 is 2.83 bits per heavy atom. The van der Waals surface area contributed by atoms with Gasteiger partial charge in [-0.15, -0.1) is 0 Å². The fraction of sp³-hybridized carbons (Fsp3) is 0.500. The van der Waals surface area contributed by atoms with Crippen LogP contribution in [0.15, 0.2) is 24.3 Å². The Bertz CT molecular complexity index is 392. The van der Waals surface area contributed by atoms with Crippen LogP contribution < -0.4 is 11.1 Å². The molecule has 0 saturated carbocycles. The van der Waals surface area contributed by atoms with Gasteiger partial charge in [0.2, 0.25) is 0 Å². The minimum absolute atomic E-state index is 0.00938. The van der Waals surface area contributed by atoms with Crippen LogP contribution in [-0.4, -0.2) is 24.5 Å². The molecule has 1 aromatic rings. The summed E-state index contributed by atoms with van der Waals surface area (Å²) in [7, 11) is 1.80. The SMILES string of the molecule is CCCCNC(=O)N(C)C(C)c1cccc(N)c1. The summed E-state index contributed by atoms with van der Waals surface area (Å²) < 4.78 is 0. The normalized spacial score (nSPS) is 11.9. The molecule has 0 aliphatic carbocycles. The van der Waals surface area contributed by atoms with E-state index < -0.39 is 0 Å². The zero-order chi connectivity index (χ0) is 13.5. The van der Waals surface area contributed by atoms with Gasteiger partial charge in [0.25, 0.3) is 0 Å². The third kappa shape index (κ3) is 3.95. The first-order valence-electron chi connectivity index (χ1n) is 6.42. The fourth-order valence-electron chi connectivity index (χ4n) is 1.72. The van der Waals surface area contributed by atoms with E-state index in [0.29, 0.717) is 0 Å². The number of amides is 2. The van der Waals surface area contributed by atoms with Crippen molar-refractivity contribution in [2.45, 2.75) is 32.7 Å². The average Bonchev–Trinajstić information content (AvgIpc) is 2.37. The summed E-state index contributed by atoms with van der Waals surface area (Å²) in [6, 6.07) is 7.60. The van der Waals surface area contributed by atoms with Crippen LogP contribution in [0.2, 0.25) is 0 Å². The minimum atomic E-state index is -0.0432. The van der Waals surface area contributed by atoms with Gasteiger partial charge >= 0.3 is 6.03 Å². The summed E-state index contributed by atoms with van der Waals surface area (Å²) in [6.45, 7) is 4.82. The van der Waals surface area contributed by atoms with Gasteiger partial charge in [-0.25, -0.2) is 4.79 Å². The molecule has 0 aliphatic rings. The molecular formula is C14H23N3O. The first-order chi connectivity index (χ1) is 8.56. The molecule has 0 fully saturated rings. The summed E-state index contributed by atoms with van der Waals surface area (Å²) in [5, 5.41) is 2.90. The topological polar surface area (TPSA) is 58.4 Å². The van der Waals surface area contributed by atoms with Gasteiger partial charge in [0.05, 0.1) is 6.04 Å². The Kier molecular flexibility index (Phi) is 5.49. The standard InChI is InChI=1S/C14H23N3O/c1-4-5-9-16-14(18)17(3)11(2)12-7-6-8-13(15)10-12/h6-8,10-11H,4-5,9,15H2,1-3H3,(H,16,18). The molecule has 0 aromatic heterocycles. The number of nitrogens with zero attached hydrogens (tertiary/aromatic N) is 1. The van der Waals surface area contributed by atoms with Gasteiger partial charge in [0.1, 0.15) is 0 Å². The zero-order valence-electron chi connectivity index (χ0n) is 11.4. The number of unbranched alkanes of at least 4 members (excludes halogenated alkanes) is 1. The van der Waals surface area contributed by atoms with Crippen LogP contribution in [0, 0.1) is 0 Å². The van der Waals surface area contributed by atoms with Crippen LogP contribution in [0.1, 0.15) is 38.3 Å². The van der Waals surface area contributed by atoms with Gasteiger partial charge in [0.15, 0.2) is 0 Å². The predicted octanol–water partition coefficient (Wildman–Crippen LogP) is 2.77. The molecule has 0 spiro atoms. The van der Waals surface area contributed by atoms with Crippen molar-refractivity contribution in [3.63, 3.8) is 0 Å². The largest absolute Gasteiger partial charge is 0.399 e. The Morgan fingerprint density at radius 2 is 2.22 bits per heavy atom. The molecule has 0 radical (unpaired) electrons. The molecule has 2 amide bonds. The lowest BCUT2D eigenvalue weighted by molar-refractivity contribution is 0.194. The van der Waals surface area contributed by atoms with E-state index in [1.54, 1.807) is 11.9 Å². The van der Waals surface area contributed by atoms with Crippen LogP contribution in [0.3, 0.4) is 0 Å². The number of anilines is 1. The molecule has 0 heterocycles. The number of rotatable bonds is 5. The number of nitrogens with one attached hydrogen (secondary N) is 1. The number of hydrogen-bond acceptors (Lipinski definition) is 2. The summed E-state index contributed by atoms with van der Waals surface area (Å²) in [5.41, 5.74) is 7.52. The third-order valence-corrected chi connectivity index (χ3v) is 3.10. The second-order valence-electron chi connectivity index (χ2n) is 4.54. The molecule has 1 aromatic carbocycles. The molecule has 0 bridgehead atoms. The van der Waals surface area contributed by atoms with Gasteiger partial charge in [-0.1, -0.05) is 25.5 Å². The fourth-order valence-corrected chi connectivity index (χ4v) is 1.72. The van der Waals surface area contributed by atoms with Crippen molar-refractivity contribution in [3.05, 3.63) is 29.8 Å². The highest BCUT2D eigenvalue weighted by Gasteiger charge is 2.16. The minimum Gasteiger partial charge on any atom is -0.399 e. The lowest BCUT2D eigenvalue weighted by atomic mass is 10.1. The van der Waals surface area contributed by atoms with Crippen molar-refractivity contribution in [1.29, 1.82) is 0 Å².